The molecule has 0 spiro atoms. The first-order chi connectivity index (χ1) is 9.27. The van der Waals surface area contributed by atoms with Crippen molar-refractivity contribution in [2.45, 2.75) is 34.1 Å². The van der Waals surface area contributed by atoms with Gasteiger partial charge < -0.3 is 10.2 Å². The highest BCUT2D eigenvalue weighted by Crippen LogP contribution is 2.28. The monoisotopic (exact) mass is 278 g/mol. The quantitative estimate of drug-likeness (QED) is 0.606. The fourth-order valence-corrected chi connectivity index (χ4v) is 2.45. The Kier molecular flexibility index (Phi) is 9.32. The maximum Gasteiger partial charge on any atom is 0.0271 e. The first-order valence-electron chi connectivity index (χ1n) is 7.65. The fraction of sp³-hybridized carbons (Fsp3) is 0.667. The van der Waals surface area contributed by atoms with Gasteiger partial charge in [-0.15, -0.1) is 0 Å². The van der Waals surface area contributed by atoms with E-state index in [1.165, 1.54) is 5.57 Å². The Bertz CT molecular complexity index is 326. The van der Waals surface area contributed by atoms with Crippen molar-refractivity contribution in [3.63, 3.8) is 0 Å². The second kappa shape index (κ2) is 9.82. The van der Waals surface area contributed by atoms with Gasteiger partial charge in [0.25, 0.3) is 0 Å². The zero-order chi connectivity index (χ0) is 15.7. The third-order valence-electron chi connectivity index (χ3n) is 3.80. The molecule has 0 radical (unpaired) electrons. The molecule has 0 aliphatic carbocycles. The van der Waals surface area contributed by atoms with Crippen LogP contribution in [0.4, 0.5) is 0 Å². The van der Waals surface area contributed by atoms with Gasteiger partial charge in [0.2, 0.25) is 0 Å². The molecule has 0 aliphatic heterocycles. The Balaban J connectivity index is 4.47. The van der Waals surface area contributed by atoms with Crippen molar-refractivity contribution in [1.82, 2.24) is 10.2 Å². The van der Waals surface area contributed by atoms with Gasteiger partial charge in [0.1, 0.15) is 0 Å². The van der Waals surface area contributed by atoms with Gasteiger partial charge in [-0.3, -0.25) is 0 Å². The average molecular weight is 278 g/mol. The molecule has 0 aromatic heterocycles. The third-order valence-corrected chi connectivity index (χ3v) is 3.80. The van der Waals surface area contributed by atoms with Crippen LogP contribution < -0.4 is 5.32 Å². The number of rotatable bonds is 10. The van der Waals surface area contributed by atoms with E-state index in [4.69, 9.17) is 0 Å². The molecule has 2 unspecified atom stereocenters. The normalized spacial score (nSPS) is 15.3. The number of allylic oxidation sites excluding steroid dienone is 4. The van der Waals surface area contributed by atoms with Crippen LogP contribution in [0.3, 0.4) is 0 Å². The molecular formula is C18H34N2. The predicted octanol–water partition coefficient (Wildman–Crippen LogP) is 4.08. The van der Waals surface area contributed by atoms with Crippen molar-refractivity contribution in [3.8, 4) is 0 Å². The van der Waals surface area contributed by atoms with Crippen LogP contribution in [0.1, 0.15) is 34.1 Å². The van der Waals surface area contributed by atoms with Crippen LogP contribution in [0.5, 0.6) is 0 Å². The zero-order valence-corrected chi connectivity index (χ0v) is 14.4. The summed E-state index contributed by atoms with van der Waals surface area (Å²) in [7, 11) is 4.18. The fourth-order valence-electron chi connectivity index (χ4n) is 2.45. The number of nitrogens with zero attached hydrogens (tertiary/aromatic N) is 1. The van der Waals surface area contributed by atoms with E-state index in [-0.39, 0.29) is 0 Å². The van der Waals surface area contributed by atoms with E-state index in [0.29, 0.717) is 17.8 Å². The van der Waals surface area contributed by atoms with Crippen LogP contribution >= 0.6 is 0 Å². The third kappa shape index (κ3) is 8.21. The lowest BCUT2D eigenvalue weighted by atomic mass is 9.80. The Morgan fingerprint density at radius 2 is 1.85 bits per heavy atom. The minimum atomic E-state index is 0.542. The van der Waals surface area contributed by atoms with Crippen molar-refractivity contribution in [1.29, 1.82) is 0 Å². The standard InChI is InChI=1S/C18H34N2/c1-9-15(4)12-16(5)18(14(2)3)13-17(6)19-10-11-20(7)8/h9,12,14,16,18-19H,1,6,10-11,13H2,2-5,7-8H3/b15-12-. The van der Waals surface area contributed by atoms with Crippen LogP contribution in [0, 0.1) is 17.8 Å². The summed E-state index contributed by atoms with van der Waals surface area (Å²) in [5, 5.41) is 3.44. The summed E-state index contributed by atoms with van der Waals surface area (Å²) in [4.78, 5) is 2.18. The molecule has 0 fully saturated rings. The molecule has 116 valence electrons. The molecule has 20 heavy (non-hydrogen) atoms. The highest BCUT2D eigenvalue weighted by molar-refractivity contribution is 5.14. The highest BCUT2D eigenvalue weighted by atomic mass is 15.1. The molecule has 0 saturated carbocycles. The molecule has 2 atom stereocenters. The molecule has 0 saturated heterocycles. The summed E-state index contributed by atoms with van der Waals surface area (Å²) in [5.74, 6) is 1.80. The Morgan fingerprint density at radius 1 is 1.25 bits per heavy atom. The largest absolute Gasteiger partial charge is 0.388 e. The zero-order valence-electron chi connectivity index (χ0n) is 14.4. The minimum absolute atomic E-state index is 0.542. The molecular weight excluding hydrogens is 244 g/mol. The summed E-state index contributed by atoms with van der Waals surface area (Å²) in [6.07, 6.45) is 5.29. The van der Waals surface area contributed by atoms with E-state index >= 15 is 0 Å². The smallest absolute Gasteiger partial charge is 0.0271 e. The van der Waals surface area contributed by atoms with E-state index in [2.05, 4.69) is 71.2 Å². The molecule has 0 amide bonds. The van der Waals surface area contributed by atoms with E-state index in [9.17, 15) is 0 Å². The first kappa shape index (κ1) is 19.0. The van der Waals surface area contributed by atoms with Crippen molar-refractivity contribution >= 4 is 0 Å². The Hall–Kier alpha value is -1.02. The lowest BCUT2D eigenvalue weighted by Gasteiger charge is -2.27. The van der Waals surface area contributed by atoms with E-state index < -0.39 is 0 Å². The van der Waals surface area contributed by atoms with Gasteiger partial charge in [-0.25, -0.2) is 0 Å². The molecule has 0 bridgehead atoms. The summed E-state index contributed by atoms with van der Waals surface area (Å²) >= 11 is 0. The van der Waals surface area contributed by atoms with Crippen molar-refractivity contribution in [2.75, 3.05) is 27.2 Å². The molecule has 0 aromatic carbocycles. The second-order valence-electron chi connectivity index (χ2n) is 6.42. The first-order valence-corrected chi connectivity index (χ1v) is 7.65. The van der Waals surface area contributed by atoms with Gasteiger partial charge in [0.15, 0.2) is 0 Å². The Morgan fingerprint density at radius 3 is 2.30 bits per heavy atom. The van der Waals surface area contributed by atoms with Crippen molar-refractivity contribution < 1.29 is 0 Å². The molecule has 0 rings (SSSR count). The molecule has 0 aromatic rings. The maximum atomic E-state index is 4.18. The van der Waals surface area contributed by atoms with E-state index in [1.54, 1.807) is 0 Å². The van der Waals surface area contributed by atoms with Crippen LogP contribution in [-0.2, 0) is 0 Å². The van der Waals surface area contributed by atoms with Gasteiger partial charge >= 0.3 is 0 Å². The van der Waals surface area contributed by atoms with Gasteiger partial charge in [-0.05, 0) is 45.2 Å². The van der Waals surface area contributed by atoms with E-state index in [1.807, 2.05) is 6.08 Å². The lowest BCUT2D eigenvalue weighted by molar-refractivity contribution is 0.303. The molecule has 0 heterocycles. The highest BCUT2D eigenvalue weighted by Gasteiger charge is 2.20. The SMILES string of the molecule is C=C/C(C)=C\C(C)C(CC(=C)NCCN(C)C)C(C)C. The van der Waals surface area contributed by atoms with Gasteiger partial charge in [-0.2, -0.15) is 0 Å². The van der Waals surface area contributed by atoms with Gasteiger partial charge in [0, 0.05) is 18.8 Å². The molecule has 2 nitrogen and oxygen atoms in total. The summed E-state index contributed by atoms with van der Waals surface area (Å²) in [5.41, 5.74) is 2.41. The lowest BCUT2D eigenvalue weighted by Crippen LogP contribution is -2.28. The summed E-state index contributed by atoms with van der Waals surface area (Å²) in [6, 6.07) is 0. The van der Waals surface area contributed by atoms with Crippen molar-refractivity contribution in [3.05, 3.63) is 36.6 Å². The summed E-state index contributed by atoms with van der Waals surface area (Å²) < 4.78 is 0. The van der Waals surface area contributed by atoms with E-state index in [0.717, 1.165) is 25.2 Å². The van der Waals surface area contributed by atoms with Crippen LogP contribution in [0.2, 0.25) is 0 Å². The molecule has 0 aliphatic rings. The number of hydrogen-bond donors (Lipinski definition) is 1. The van der Waals surface area contributed by atoms with Crippen LogP contribution in [-0.4, -0.2) is 32.1 Å². The Labute approximate surface area is 126 Å². The number of hydrogen-bond acceptors (Lipinski definition) is 2. The van der Waals surface area contributed by atoms with Crippen LogP contribution in [0.25, 0.3) is 0 Å². The van der Waals surface area contributed by atoms with Gasteiger partial charge in [0.05, 0.1) is 0 Å². The molecule has 2 heteroatoms. The summed E-state index contributed by atoms with van der Waals surface area (Å²) in [6.45, 7) is 19.0. The average Bonchev–Trinajstić information content (AvgIpc) is 2.34. The number of nitrogens with one attached hydrogen (secondary N) is 1. The maximum absolute atomic E-state index is 4.18. The predicted molar refractivity (Wildman–Crippen MR) is 91.8 cm³/mol. The number of likely N-dealkylation sites (N-methyl/N-ethyl adjacent to an activating group) is 1. The minimum Gasteiger partial charge on any atom is -0.388 e. The van der Waals surface area contributed by atoms with Gasteiger partial charge in [-0.1, -0.05) is 51.7 Å². The molecule has 1 N–H and O–H groups in total. The van der Waals surface area contributed by atoms with Crippen LogP contribution in [0.15, 0.2) is 36.6 Å². The van der Waals surface area contributed by atoms with Crippen molar-refractivity contribution in [2.24, 2.45) is 17.8 Å². The second-order valence-corrected chi connectivity index (χ2v) is 6.42. The topological polar surface area (TPSA) is 15.3 Å².